The van der Waals surface area contributed by atoms with Crippen molar-refractivity contribution in [1.82, 2.24) is 20.2 Å². The van der Waals surface area contributed by atoms with E-state index in [1.807, 2.05) is 12.1 Å². The van der Waals surface area contributed by atoms with Crippen LogP contribution in [0.1, 0.15) is 0 Å². The van der Waals surface area contributed by atoms with Crippen molar-refractivity contribution in [3.8, 4) is 0 Å². The van der Waals surface area contributed by atoms with Crippen molar-refractivity contribution in [3.05, 3.63) is 48.5 Å². The van der Waals surface area contributed by atoms with Gasteiger partial charge >= 0.3 is 0 Å². The molecule has 4 heterocycles. The zero-order valence-corrected chi connectivity index (χ0v) is 14.4. The quantitative estimate of drug-likeness (QED) is 0.581. The van der Waals surface area contributed by atoms with Gasteiger partial charge in [0.25, 0.3) is 0 Å². The van der Waals surface area contributed by atoms with E-state index in [9.17, 15) is 4.39 Å². The van der Waals surface area contributed by atoms with Crippen LogP contribution in [0.4, 0.5) is 21.7 Å². The molecule has 1 aliphatic rings. The Labute approximate surface area is 154 Å². The van der Waals surface area contributed by atoms with Crippen molar-refractivity contribution >= 4 is 39.1 Å². The number of nitrogens with zero attached hydrogens (tertiary/aromatic N) is 4. The number of aromatic nitrogens is 4. The van der Waals surface area contributed by atoms with Crippen LogP contribution < -0.4 is 10.2 Å². The molecule has 0 saturated carbocycles. The maximum atomic E-state index is 14.2. The zero-order chi connectivity index (χ0) is 18.2. The third-order valence-electron chi connectivity index (χ3n) is 4.72. The van der Waals surface area contributed by atoms with E-state index >= 15 is 0 Å². The highest BCUT2D eigenvalue weighted by Gasteiger charge is 2.15. The molecule has 0 atom stereocenters. The summed E-state index contributed by atoms with van der Waals surface area (Å²) < 4.78 is 19.6. The molecule has 3 aromatic heterocycles. The average Bonchev–Trinajstić information content (AvgIpc) is 3.19. The fourth-order valence-electron chi connectivity index (χ4n) is 3.37. The SMILES string of the molecule is Fc1cccc2nc(Nc3ccc(N4CCOCC4)nc3)c3[nH]ncc3c12. The Morgan fingerprint density at radius 2 is 2.00 bits per heavy atom. The number of pyridine rings is 2. The van der Waals surface area contributed by atoms with Gasteiger partial charge in [-0.2, -0.15) is 5.10 Å². The van der Waals surface area contributed by atoms with Gasteiger partial charge in [0.05, 0.1) is 36.8 Å². The highest BCUT2D eigenvalue weighted by molar-refractivity contribution is 6.08. The first-order valence-corrected chi connectivity index (χ1v) is 8.77. The molecule has 1 aromatic carbocycles. The smallest absolute Gasteiger partial charge is 0.157 e. The molecule has 136 valence electrons. The molecule has 27 heavy (non-hydrogen) atoms. The first-order chi connectivity index (χ1) is 13.3. The topological polar surface area (TPSA) is 79.0 Å². The summed E-state index contributed by atoms with van der Waals surface area (Å²) in [6.45, 7) is 3.12. The fraction of sp³-hybridized carbons (Fsp3) is 0.211. The number of nitrogens with one attached hydrogen (secondary N) is 2. The Bertz CT molecular complexity index is 1100. The summed E-state index contributed by atoms with van der Waals surface area (Å²) in [4.78, 5) is 11.3. The number of anilines is 3. The first-order valence-electron chi connectivity index (χ1n) is 8.77. The minimum Gasteiger partial charge on any atom is -0.378 e. The molecule has 0 amide bonds. The number of morpholine rings is 1. The summed E-state index contributed by atoms with van der Waals surface area (Å²) >= 11 is 0. The van der Waals surface area contributed by atoms with Gasteiger partial charge in [-0.3, -0.25) is 5.10 Å². The van der Waals surface area contributed by atoms with Crippen LogP contribution in [0, 0.1) is 5.82 Å². The van der Waals surface area contributed by atoms with Crippen LogP contribution >= 0.6 is 0 Å². The lowest BCUT2D eigenvalue weighted by Gasteiger charge is -2.27. The minimum absolute atomic E-state index is 0.311. The van der Waals surface area contributed by atoms with Crippen molar-refractivity contribution in [3.63, 3.8) is 0 Å². The number of aromatic amines is 1. The highest BCUT2D eigenvalue weighted by atomic mass is 19.1. The lowest BCUT2D eigenvalue weighted by molar-refractivity contribution is 0.122. The first kappa shape index (κ1) is 16.0. The molecule has 7 nitrogen and oxygen atoms in total. The van der Waals surface area contributed by atoms with E-state index in [1.165, 1.54) is 6.07 Å². The van der Waals surface area contributed by atoms with Gasteiger partial charge in [0, 0.05) is 23.9 Å². The Kier molecular flexibility index (Phi) is 3.83. The second-order valence-electron chi connectivity index (χ2n) is 6.38. The van der Waals surface area contributed by atoms with Crippen molar-refractivity contribution < 1.29 is 9.13 Å². The summed E-state index contributed by atoms with van der Waals surface area (Å²) in [6, 6.07) is 8.79. The average molecular weight is 364 g/mol. The second kappa shape index (κ2) is 6.48. The van der Waals surface area contributed by atoms with Crippen molar-refractivity contribution in [2.24, 2.45) is 0 Å². The molecule has 0 radical (unpaired) electrons. The van der Waals surface area contributed by atoms with Gasteiger partial charge < -0.3 is 15.0 Å². The second-order valence-corrected chi connectivity index (χ2v) is 6.38. The predicted octanol–water partition coefficient (Wildman–Crippen LogP) is 3.23. The molecule has 1 aliphatic heterocycles. The molecule has 4 aromatic rings. The summed E-state index contributed by atoms with van der Waals surface area (Å²) in [6.07, 6.45) is 3.39. The van der Waals surface area contributed by atoms with E-state index < -0.39 is 0 Å². The van der Waals surface area contributed by atoms with E-state index in [2.05, 4.69) is 30.4 Å². The molecule has 0 unspecified atom stereocenters. The fourth-order valence-corrected chi connectivity index (χ4v) is 3.37. The van der Waals surface area contributed by atoms with Crippen LogP contribution in [-0.2, 0) is 4.74 Å². The van der Waals surface area contributed by atoms with Crippen molar-refractivity contribution in [2.75, 3.05) is 36.5 Å². The van der Waals surface area contributed by atoms with Crippen LogP contribution in [0.25, 0.3) is 21.8 Å². The van der Waals surface area contributed by atoms with Gasteiger partial charge in [0.1, 0.15) is 17.2 Å². The van der Waals surface area contributed by atoms with E-state index in [4.69, 9.17) is 4.74 Å². The van der Waals surface area contributed by atoms with Gasteiger partial charge in [-0.15, -0.1) is 0 Å². The van der Waals surface area contributed by atoms with Gasteiger partial charge in [-0.1, -0.05) is 6.07 Å². The number of halogens is 1. The van der Waals surface area contributed by atoms with Crippen molar-refractivity contribution in [1.29, 1.82) is 0 Å². The number of H-pyrrole nitrogens is 1. The molecule has 0 bridgehead atoms. The number of hydrogen-bond donors (Lipinski definition) is 2. The Morgan fingerprint density at radius 3 is 2.81 bits per heavy atom. The monoisotopic (exact) mass is 364 g/mol. The highest BCUT2D eigenvalue weighted by Crippen LogP contribution is 2.31. The number of benzene rings is 1. The normalized spacial score (nSPS) is 14.8. The molecular formula is C19H17FN6O. The van der Waals surface area contributed by atoms with Gasteiger partial charge in [-0.25, -0.2) is 14.4 Å². The number of ether oxygens (including phenoxy) is 1. The molecule has 1 saturated heterocycles. The maximum absolute atomic E-state index is 14.2. The lowest BCUT2D eigenvalue weighted by atomic mass is 10.1. The standard InChI is InChI=1S/C19H17FN6O/c20-14-2-1-3-15-17(14)13-11-22-25-18(13)19(24-15)23-12-4-5-16(21-10-12)26-6-8-27-9-7-26/h1-5,10-11H,6-9H2,(H,22,25)(H,23,24). The molecule has 0 spiro atoms. The van der Waals surface area contributed by atoms with Crippen LogP contribution in [0.3, 0.4) is 0 Å². The molecular weight excluding hydrogens is 347 g/mol. The molecule has 5 rings (SSSR count). The lowest BCUT2D eigenvalue weighted by Crippen LogP contribution is -2.36. The van der Waals surface area contributed by atoms with Crippen molar-refractivity contribution in [2.45, 2.75) is 0 Å². The maximum Gasteiger partial charge on any atom is 0.157 e. The minimum atomic E-state index is -0.311. The molecule has 2 N–H and O–H groups in total. The van der Waals surface area contributed by atoms with Crippen LogP contribution in [0.5, 0.6) is 0 Å². The Balaban J connectivity index is 1.49. The van der Waals surface area contributed by atoms with E-state index in [1.54, 1.807) is 24.5 Å². The zero-order valence-electron chi connectivity index (χ0n) is 14.4. The largest absolute Gasteiger partial charge is 0.378 e. The van der Waals surface area contributed by atoms with E-state index in [0.29, 0.717) is 27.6 Å². The van der Waals surface area contributed by atoms with Crippen LogP contribution in [0.15, 0.2) is 42.7 Å². The molecule has 0 aliphatic carbocycles. The number of hydrogen-bond acceptors (Lipinski definition) is 6. The Hall–Kier alpha value is -3.26. The summed E-state index contributed by atoms with van der Waals surface area (Å²) in [7, 11) is 0. The molecule has 1 fully saturated rings. The molecule has 8 heteroatoms. The predicted molar refractivity (Wildman–Crippen MR) is 102 cm³/mol. The third kappa shape index (κ3) is 2.83. The van der Waals surface area contributed by atoms with Gasteiger partial charge in [0.15, 0.2) is 5.82 Å². The summed E-state index contributed by atoms with van der Waals surface area (Å²) in [5, 5.41) is 11.4. The third-order valence-corrected chi connectivity index (χ3v) is 4.72. The van der Waals surface area contributed by atoms with E-state index in [-0.39, 0.29) is 5.82 Å². The number of fused-ring (bicyclic) bond motifs is 3. The summed E-state index contributed by atoms with van der Waals surface area (Å²) in [5.41, 5.74) is 2.03. The van der Waals surface area contributed by atoms with E-state index in [0.717, 1.165) is 37.8 Å². The van der Waals surface area contributed by atoms with Crippen LogP contribution in [-0.4, -0.2) is 46.5 Å². The van der Waals surface area contributed by atoms with Gasteiger partial charge in [-0.05, 0) is 24.3 Å². The van der Waals surface area contributed by atoms with Crippen LogP contribution in [0.2, 0.25) is 0 Å². The number of rotatable bonds is 3. The Morgan fingerprint density at radius 1 is 1.11 bits per heavy atom. The van der Waals surface area contributed by atoms with Gasteiger partial charge in [0.2, 0.25) is 0 Å². The summed E-state index contributed by atoms with van der Waals surface area (Å²) in [5.74, 6) is 1.19.